The van der Waals surface area contributed by atoms with Crippen LogP contribution >= 0.6 is 39.0 Å². The number of hydrogen-bond donors (Lipinski definition) is 1. The third kappa shape index (κ3) is 6.41. The maximum atomic E-state index is 13.5. The van der Waals surface area contributed by atoms with Gasteiger partial charge in [-0.3, -0.25) is 14.5 Å². The first-order valence-electron chi connectivity index (χ1n) is 13.3. The van der Waals surface area contributed by atoms with Gasteiger partial charge in [0.2, 0.25) is 5.13 Å². The van der Waals surface area contributed by atoms with Crippen LogP contribution in [0.1, 0.15) is 28.3 Å². The highest BCUT2D eigenvalue weighted by Crippen LogP contribution is 2.44. The number of halogens is 1. The molecule has 0 radical (unpaired) electrons. The van der Waals surface area contributed by atoms with Gasteiger partial charge < -0.3 is 9.84 Å². The Balaban J connectivity index is 1.34. The van der Waals surface area contributed by atoms with E-state index in [0.717, 1.165) is 15.6 Å². The molecule has 6 rings (SSSR count). The van der Waals surface area contributed by atoms with Crippen LogP contribution in [0.15, 0.2) is 124 Å². The minimum absolute atomic E-state index is 0.0148. The number of thioether (sulfide) groups is 1. The molecule has 1 aliphatic rings. The maximum absolute atomic E-state index is 13.5. The van der Waals surface area contributed by atoms with Crippen molar-refractivity contribution in [3.8, 4) is 5.75 Å². The van der Waals surface area contributed by atoms with E-state index in [9.17, 15) is 14.7 Å². The van der Waals surface area contributed by atoms with Gasteiger partial charge >= 0.3 is 5.91 Å². The van der Waals surface area contributed by atoms with Crippen LogP contribution in [-0.4, -0.2) is 27.0 Å². The number of ether oxygens (including phenoxy) is 1. The highest BCUT2D eigenvalue weighted by molar-refractivity contribution is 9.10. The van der Waals surface area contributed by atoms with E-state index in [-0.39, 0.29) is 16.5 Å². The Labute approximate surface area is 265 Å². The number of nitrogens with zero attached hydrogens (tertiary/aromatic N) is 3. The molecular formula is C33H24BrN3O4S2. The number of aliphatic hydroxyl groups is 1. The second kappa shape index (κ2) is 12.9. The van der Waals surface area contributed by atoms with Gasteiger partial charge in [0.25, 0.3) is 5.78 Å². The van der Waals surface area contributed by atoms with Gasteiger partial charge in [0.1, 0.15) is 18.1 Å². The highest BCUT2D eigenvalue weighted by Gasteiger charge is 2.48. The first-order chi connectivity index (χ1) is 21.0. The zero-order chi connectivity index (χ0) is 29.8. The van der Waals surface area contributed by atoms with Crippen molar-refractivity contribution in [2.45, 2.75) is 22.7 Å². The van der Waals surface area contributed by atoms with E-state index < -0.39 is 17.7 Å². The number of anilines is 1. The first-order valence-corrected chi connectivity index (χ1v) is 15.9. The number of rotatable bonds is 9. The number of ketones is 1. The summed E-state index contributed by atoms with van der Waals surface area (Å²) in [6, 6.07) is 33.0. The number of benzene rings is 4. The molecule has 1 aliphatic heterocycles. The Bertz CT molecular complexity index is 1780. The van der Waals surface area contributed by atoms with Crippen molar-refractivity contribution in [2.24, 2.45) is 0 Å². The van der Waals surface area contributed by atoms with Crippen molar-refractivity contribution in [3.63, 3.8) is 0 Å². The molecule has 43 heavy (non-hydrogen) atoms. The summed E-state index contributed by atoms with van der Waals surface area (Å²) in [6.07, 6.45) is 0. The molecule has 5 aromatic rings. The third-order valence-electron chi connectivity index (χ3n) is 6.81. The fourth-order valence-corrected chi connectivity index (χ4v) is 6.76. The van der Waals surface area contributed by atoms with Gasteiger partial charge in [-0.05, 0) is 41.0 Å². The standard InChI is InChI=1S/C33H24BrN3O4S2/c34-25-15-11-24(12-16-25)29(38)27-28(23-13-17-26(18-14-23)41-19-21-7-3-1-4-8-21)37(31(40)30(27)39)32-35-36-33(43-32)42-20-22-9-5-2-6-10-22/h1-18,28,38H,19-20H2/b29-27-. The summed E-state index contributed by atoms with van der Waals surface area (Å²) in [5.41, 5.74) is 3.20. The lowest BCUT2D eigenvalue weighted by atomic mass is 9.95. The van der Waals surface area contributed by atoms with Crippen LogP contribution in [0.2, 0.25) is 0 Å². The van der Waals surface area contributed by atoms with Crippen molar-refractivity contribution < 1.29 is 19.4 Å². The molecule has 1 amide bonds. The van der Waals surface area contributed by atoms with Crippen LogP contribution in [0.3, 0.4) is 0 Å². The van der Waals surface area contributed by atoms with Crippen LogP contribution in [0.25, 0.3) is 5.76 Å². The van der Waals surface area contributed by atoms with Crippen LogP contribution in [-0.2, 0) is 21.9 Å². The predicted molar refractivity (Wildman–Crippen MR) is 172 cm³/mol. The fourth-order valence-electron chi connectivity index (χ4n) is 4.67. The van der Waals surface area contributed by atoms with Gasteiger partial charge in [-0.15, -0.1) is 10.2 Å². The molecule has 1 unspecified atom stereocenters. The molecule has 0 bridgehead atoms. The zero-order valence-corrected chi connectivity index (χ0v) is 25.8. The highest BCUT2D eigenvalue weighted by atomic mass is 79.9. The summed E-state index contributed by atoms with van der Waals surface area (Å²) in [7, 11) is 0. The second-order valence-corrected chi connectivity index (χ2v) is 12.7. The quantitative estimate of drug-likeness (QED) is 0.0563. The van der Waals surface area contributed by atoms with E-state index >= 15 is 0 Å². The number of carbonyl (C=O) groups excluding carboxylic acids is 2. The van der Waals surface area contributed by atoms with Crippen LogP contribution in [0.4, 0.5) is 5.13 Å². The van der Waals surface area contributed by atoms with Gasteiger partial charge in [-0.2, -0.15) is 0 Å². The zero-order valence-electron chi connectivity index (χ0n) is 22.6. The minimum Gasteiger partial charge on any atom is -0.507 e. The van der Waals surface area contributed by atoms with E-state index in [2.05, 4.69) is 26.1 Å². The van der Waals surface area contributed by atoms with E-state index in [1.807, 2.05) is 60.7 Å². The summed E-state index contributed by atoms with van der Waals surface area (Å²) < 4.78 is 7.43. The van der Waals surface area contributed by atoms with Gasteiger partial charge in [0, 0.05) is 15.8 Å². The number of Topliss-reactive ketones (excluding diaryl/α,β-unsaturated/α-hetero) is 1. The minimum atomic E-state index is -0.910. The average Bonchev–Trinajstić information content (AvgIpc) is 3.62. The molecule has 4 aromatic carbocycles. The predicted octanol–water partition coefficient (Wildman–Crippen LogP) is 7.80. The Morgan fingerprint density at radius 3 is 2.19 bits per heavy atom. The molecule has 7 nitrogen and oxygen atoms in total. The smallest absolute Gasteiger partial charge is 0.301 e. The molecule has 1 fully saturated rings. The lowest BCUT2D eigenvalue weighted by Gasteiger charge is -2.22. The number of amides is 1. The monoisotopic (exact) mass is 669 g/mol. The second-order valence-electron chi connectivity index (χ2n) is 9.64. The van der Waals surface area contributed by atoms with Crippen molar-refractivity contribution in [1.29, 1.82) is 0 Å². The Kier molecular flexibility index (Phi) is 8.69. The fraction of sp³-hybridized carbons (Fsp3) is 0.0909. The van der Waals surface area contributed by atoms with Crippen molar-refractivity contribution >= 4 is 61.6 Å². The van der Waals surface area contributed by atoms with E-state index in [1.54, 1.807) is 48.5 Å². The topological polar surface area (TPSA) is 92.6 Å². The summed E-state index contributed by atoms with van der Waals surface area (Å²) in [4.78, 5) is 28.4. The molecule has 1 N–H and O–H groups in total. The average molecular weight is 671 g/mol. The van der Waals surface area contributed by atoms with Crippen LogP contribution in [0, 0.1) is 0 Å². The molecule has 1 aromatic heterocycles. The van der Waals surface area contributed by atoms with Gasteiger partial charge in [0.05, 0.1) is 11.6 Å². The summed E-state index contributed by atoms with van der Waals surface area (Å²) >= 11 is 6.13. The third-order valence-corrected chi connectivity index (χ3v) is 9.47. The van der Waals surface area contributed by atoms with Crippen molar-refractivity contribution in [3.05, 3.63) is 141 Å². The Morgan fingerprint density at radius 1 is 0.860 bits per heavy atom. The van der Waals surface area contributed by atoms with E-state index in [0.29, 0.717) is 33.6 Å². The van der Waals surface area contributed by atoms with Crippen LogP contribution in [0.5, 0.6) is 5.75 Å². The Morgan fingerprint density at radius 2 is 1.51 bits per heavy atom. The van der Waals surface area contributed by atoms with E-state index in [4.69, 9.17) is 4.74 Å². The molecule has 0 spiro atoms. The molecule has 10 heteroatoms. The molecular weight excluding hydrogens is 646 g/mol. The SMILES string of the molecule is O=C1C(=O)N(c2nnc(SCc3ccccc3)s2)C(c2ccc(OCc3ccccc3)cc2)/C1=C(/O)c1ccc(Br)cc1. The van der Waals surface area contributed by atoms with Crippen molar-refractivity contribution in [2.75, 3.05) is 4.90 Å². The van der Waals surface area contributed by atoms with E-state index in [1.165, 1.54) is 28.0 Å². The summed E-state index contributed by atoms with van der Waals surface area (Å²) in [5.74, 6) is -0.502. The lowest BCUT2D eigenvalue weighted by molar-refractivity contribution is -0.132. The van der Waals surface area contributed by atoms with Gasteiger partial charge in [-0.1, -0.05) is 124 Å². The molecule has 214 valence electrons. The normalized spacial score (nSPS) is 16.0. The largest absolute Gasteiger partial charge is 0.507 e. The van der Waals surface area contributed by atoms with Crippen LogP contribution < -0.4 is 9.64 Å². The maximum Gasteiger partial charge on any atom is 0.301 e. The van der Waals surface area contributed by atoms with Crippen molar-refractivity contribution in [1.82, 2.24) is 10.2 Å². The Hall–Kier alpha value is -4.25. The van der Waals surface area contributed by atoms with Gasteiger partial charge in [-0.25, -0.2) is 0 Å². The molecule has 2 heterocycles. The lowest BCUT2D eigenvalue weighted by Crippen LogP contribution is -2.29. The first kappa shape index (κ1) is 28.9. The van der Waals surface area contributed by atoms with Gasteiger partial charge in [0.15, 0.2) is 4.34 Å². The number of aromatic nitrogens is 2. The number of carbonyl (C=O) groups is 2. The number of aliphatic hydroxyl groups excluding tert-OH is 1. The molecule has 0 aliphatic carbocycles. The molecule has 1 saturated heterocycles. The summed E-state index contributed by atoms with van der Waals surface area (Å²) in [6.45, 7) is 0.399. The molecule has 1 atom stereocenters. The summed E-state index contributed by atoms with van der Waals surface area (Å²) in [5, 5.41) is 20.2. The number of hydrogen-bond acceptors (Lipinski definition) is 8. The molecule has 0 saturated carbocycles.